The number of rotatable bonds is 9. The van der Waals surface area contributed by atoms with Crippen LogP contribution in [0.5, 0.6) is 11.5 Å². The lowest BCUT2D eigenvalue weighted by atomic mass is 10.2. The van der Waals surface area contributed by atoms with E-state index in [4.69, 9.17) is 9.47 Å². The third-order valence-electron chi connectivity index (χ3n) is 3.83. The van der Waals surface area contributed by atoms with Gasteiger partial charge in [-0.1, -0.05) is 30.3 Å². The van der Waals surface area contributed by atoms with Crippen LogP contribution in [0.2, 0.25) is 0 Å². The first-order valence-electron chi connectivity index (χ1n) is 8.42. The van der Waals surface area contributed by atoms with E-state index in [1.54, 1.807) is 56.5 Å². The largest absolute Gasteiger partial charge is 0.493 e. The fraction of sp³-hybridized carbons (Fsp3) is 0.316. The van der Waals surface area contributed by atoms with Crippen molar-refractivity contribution in [3.63, 3.8) is 0 Å². The minimum atomic E-state index is -3.62. The van der Waals surface area contributed by atoms with Crippen LogP contribution in [0.15, 0.2) is 54.6 Å². The van der Waals surface area contributed by atoms with Gasteiger partial charge in [0.25, 0.3) is 0 Å². The van der Waals surface area contributed by atoms with Gasteiger partial charge >= 0.3 is 0 Å². The quantitative estimate of drug-likeness (QED) is 0.660. The van der Waals surface area contributed by atoms with Crippen molar-refractivity contribution in [3.8, 4) is 11.5 Å². The zero-order valence-electron chi connectivity index (χ0n) is 15.6. The van der Waals surface area contributed by atoms with E-state index in [1.807, 2.05) is 12.1 Å². The predicted octanol–water partition coefficient (Wildman–Crippen LogP) is 2.04. The van der Waals surface area contributed by atoms with Crippen LogP contribution in [-0.2, 0) is 14.8 Å². The molecule has 1 amide bonds. The molecule has 0 radical (unpaired) electrons. The summed E-state index contributed by atoms with van der Waals surface area (Å²) in [4.78, 5) is 12.4. The first-order chi connectivity index (χ1) is 12.8. The van der Waals surface area contributed by atoms with E-state index < -0.39 is 22.0 Å². The molecule has 27 heavy (non-hydrogen) atoms. The monoisotopic (exact) mass is 392 g/mol. The van der Waals surface area contributed by atoms with Gasteiger partial charge < -0.3 is 14.8 Å². The summed E-state index contributed by atoms with van der Waals surface area (Å²) in [7, 11) is -2.07. The lowest BCUT2D eigenvalue weighted by Crippen LogP contribution is -2.48. The number of sulfonamides is 1. The summed E-state index contributed by atoms with van der Waals surface area (Å²) in [5.41, 5.74) is 0.438. The molecule has 0 aliphatic carbocycles. The van der Waals surface area contributed by atoms with Crippen LogP contribution in [0.4, 0.5) is 5.69 Å². The molecule has 0 bridgehead atoms. The molecule has 0 fully saturated rings. The summed E-state index contributed by atoms with van der Waals surface area (Å²) in [6.45, 7) is 2.00. The van der Waals surface area contributed by atoms with E-state index in [1.165, 1.54) is 0 Å². The van der Waals surface area contributed by atoms with Gasteiger partial charge in [0.1, 0.15) is 12.6 Å². The Labute approximate surface area is 160 Å². The van der Waals surface area contributed by atoms with Crippen molar-refractivity contribution in [3.05, 3.63) is 54.6 Å². The summed E-state index contributed by atoms with van der Waals surface area (Å²) in [6, 6.07) is 14.8. The molecule has 0 saturated heterocycles. The van der Waals surface area contributed by atoms with Gasteiger partial charge in [-0.25, -0.2) is 8.42 Å². The average molecular weight is 392 g/mol. The van der Waals surface area contributed by atoms with Crippen molar-refractivity contribution in [2.45, 2.75) is 13.0 Å². The highest BCUT2D eigenvalue weighted by atomic mass is 32.2. The van der Waals surface area contributed by atoms with Crippen molar-refractivity contribution in [2.24, 2.45) is 0 Å². The molecule has 1 N–H and O–H groups in total. The molecule has 2 aromatic rings. The highest BCUT2D eigenvalue weighted by Gasteiger charge is 2.28. The molecule has 2 aromatic carbocycles. The number of hydrogen-bond donors (Lipinski definition) is 1. The van der Waals surface area contributed by atoms with Crippen LogP contribution in [-0.4, -0.2) is 46.9 Å². The number of hydrogen-bond acceptors (Lipinski definition) is 5. The van der Waals surface area contributed by atoms with Crippen molar-refractivity contribution in [1.82, 2.24) is 5.32 Å². The Morgan fingerprint density at radius 1 is 1.07 bits per heavy atom. The molecule has 0 spiro atoms. The zero-order valence-corrected chi connectivity index (χ0v) is 16.4. The number of anilines is 1. The fourth-order valence-electron chi connectivity index (χ4n) is 2.60. The molecule has 0 saturated carbocycles. The lowest BCUT2D eigenvalue weighted by molar-refractivity contribution is -0.121. The number of nitrogens with one attached hydrogen (secondary N) is 1. The number of carbonyl (C=O) groups is 1. The number of benzene rings is 2. The highest BCUT2D eigenvalue weighted by Crippen LogP contribution is 2.25. The topological polar surface area (TPSA) is 84.9 Å². The van der Waals surface area contributed by atoms with E-state index in [9.17, 15) is 13.2 Å². The third-order valence-corrected chi connectivity index (χ3v) is 5.07. The third kappa shape index (κ3) is 5.62. The second kappa shape index (κ2) is 9.27. The summed E-state index contributed by atoms with van der Waals surface area (Å²) in [5.74, 6) is 0.766. The van der Waals surface area contributed by atoms with Crippen LogP contribution >= 0.6 is 0 Å². The number of methoxy groups -OCH3 is 1. The molecule has 0 aromatic heterocycles. The van der Waals surface area contributed by atoms with Crippen molar-refractivity contribution < 1.29 is 22.7 Å². The van der Waals surface area contributed by atoms with Gasteiger partial charge in [0.2, 0.25) is 15.9 Å². The summed E-state index contributed by atoms with van der Waals surface area (Å²) in [5, 5.41) is 2.70. The van der Waals surface area contributed by atoms with Gasteiger partial charge in [-0.05, 0) is 31.2 Å². The first kappa shape index (κ1) is 20.6. The Hall–Kier alpha value is -2.74. The molecule has 146 valence electrons. The Bertz CT molecular complexity index is 855. The SMILES string of the molecule is COc1ccccc1OCCNC(=O)[C@@H](C)N(c1ccccc1)S(C)(=O)=O. The van der Waals surface area contributed by atoms with Gasteiger partial charge in [0.15, 0.2) is 11.5 Å². The van der Waals surface area contributed by atoms with Crippen LogP contribution in [0.1, 0.15) is 6.92 Å². The van der Waals surface area contributed by atoms with Crippen LogP contribution < -0.4 is 19.1 Å². The smallest absolute Gasteiger partial charge is 0.243 e. The van der Waals surface area contributed by atoms with Crippen molar-refractivity contribution in [2.75, 3.05) is 30.8 Å². The Morgan fingerprint density at radius 2 is 1.67 bits per heavy atom. The molecule has 2 rings (SSSR count). The van der Waals surface area contributed by atoms with Gasteiger partial charge in [0.05, 0.1) is 25.6 Å². The molecule has 0 aliphatic rings. The Morgan fingerprint density at radius 3 is 2.26 bits per heavy atom. The summed E-state index contributed by atoms with van der Waals surface area (Å²) in [6.07, 6.45) is 1.08. The van der Waals surface area contributed by atoms with Gasteiger partial charge in [-0.3, -0.25) is 9.10 Å². The van der Waals surface area contributed by atoms with Crippen LogP contribution in [0.25, 0.3) is 0 Å². The minimum absolute atomic E-state index is 0.225. The van der Waals surface area contributed by atoms with Crippen LogP contribution in [0.3, 0.4) is 0 Å². The van der Waals surface area contributed by atoms with Gasteiger partial charge in [0, 0.05) is 0 Å². The number of amides is 1. The maximum Gasteiger partial charge on any atom is 0.243 e. The fourth-order valence-corrected chi connectivity index (χ4v) is 3.78. The molecular formula is C19H24N2O5S. The first-order valence-corrected chi connectivity index (χ1v) is 10.3. The highest BCUT2D eigenvalue weighted by molar-refractivity contribution is 7.92. The second-order valence-corrected chi connectivity index (χ2v) is 7.72. The number of ether oxygens (including phenoxy) is 2. The second-order valence-electron chi connectivity index (χ2n) is 5.86. The number of nitrogens with zero attached hydrogens (tertiary/aromatic N) is 1. The number of carbonyl (C=O) groups excluding carboxylic acids is 1. The molecule has 7 nitrogen and oxygen atoms in total. The summed E-state index contributed by atoms with van der Waals surface area (Å²) >= 11 is 0. The predicted molar refractivity (Wildman–Crippen MR) is 105 cm³/mol. The maximum atomic E-state index is 12.4. The van der Waals surface area contributed by atoms with E-state index >= 15 is 0 Å². The molecule has 8 heteroatoms. The Balaban J connectivity index is 1.96. The molecular weight excluding hydrogens is 368 g/mol. The molecule has 1 atom stereocenters. The van der Waals surface area contributed by atoms with Crippen LogP contribution in [0, 0.1) is 0 Å². The normalized spacial score (nSPS) is 12.1. The Kier molecular flexibility index (Phi) is 7.06. The van der Waals surface area contributed by atoms with Crippen molar-refractivity contribution >= 4 is 21.6 Å². The van der Waals surface area contributed by atoms with E-state index in [0.29, 0.717) is 17.2 Å². The van der Waals surface area contributed by atoms with E-state index in [0.717, 1.165) is 10.6 Å². The van der Waals surface area contributed by atoms with E-state index in [2.05, 4.69) is 5.32 Å². The minimum Gasteiger partial charge on any atom is -0.493 e. The lowest BCUT2D eigenvalue weighted by Gasteiger charge is -2.28. The number of para-hydroxylation sites is 3. The van der Waals surface area contributed by atoms with Gasteiger partial charge in [-0.15, -0.1) is 0 Å². The standard InChI is InChI=1S/C19H24N2O5S/c1-15(21(27(3,23)24)16-9-5-4-6-10-16)19(22)20-13-14-26-18-12-8-7-11-17(18)25-2/h4-12,15H,13-14H2,1-3H3,(H,20,22)/t15-/m1/s1. The molecule has 0 aliphatic heterocycles. The van der Waals surface area contributed by atoms with Crippen molar-refractivity contribution in [1.29, 1.82) is 0 Å². The molecule has 0 heterocycles. The molecule has 0 unspecified atom stereocenters. The van der Waals surface area contributed by atoms with E-state index in [-0.39, 0.29) is 13.2 Å². The average Bonchev–Trinajstić information content (AvgIpc) is 2.65. The maximum absolute atomic E-state index is 12.4. The zero-order chi connectivity index (χ0) is 19.9. The summed E-state index contributed by atoms with van der Waals surface area (Å²) < 4.78 is 36.2. The van der Waals surface area contributed by atoms with Gasteiger partial charge in [-0.2, -0.15) is 0 Å².